The molecule has 1 atom stereocenters. The van der Waals surface area contributed by atoms with Crippen LogP contribution < -0.4 is 5.32 Å². The Morgan fingerprint density at radius 2 is 1.95 bits per heavy atom. The highest BCUT2D eigenvalue weighted by Gasteiger charge is 2.17. The zero-order chi connectivity index (χ0) is 14.6. The third kappa shape index (κ3) is 4.45. The molecule has 1 aromatic carbocycles. The Morgan fingerprint density at radius 3 is 2.50 bits per heavy atom. The highest BCUT2D eigenvalue weighted by atomic mass is 16.1. The molecule has 0 saturated carbocycles. The van der Waals surface area contributed by atoms with Crippen molar-refractivity contribution in [2.45, 2.75) is 51.9 Å². The van der Waals surface area contributed by atoms with E-state index < -0.39 is 0 Å². The monoisotopic (exact) mass is 273 g/mol. The molecule has 1 aliphatic heterocycles. The lowest BCUT2D eigenvalue weighted by Gasteiger charge is -2.22. The molecule has 0 spiro atoms. The van der Waals surface area contributed by atoms with Crippen LogP contribution in [0.3, 0.4) is 0 Å². The summed E-state index contributed by atoms with van der Waals surface area (Å²) in [7, 11) is 0. The van der Waals surface area contributed by atoms with Crippen molar-refractivity contribution in [2.24, 2.45) is 5.92 Å². The standard InChI is InChI=1S/C18H27NO/c1-18(2,3)16-8-6-14(7-9-16)11-17(20)12-15-5-4-10-19-13-15/h6-9,15,19H,4-5,10-13H2,1-3H3. The van der Waals surface area contributed by atoms with Crippen LogP contribution in [0.15, 0.2) is 24.3 Å². The Morgan fingerprint density at radius 1 is 1.25 bits per heavy atom. The summed E-state index contributed by atoms with van der Waals surface area (Å²) in [4.78, 5) is 12.1. The first-order chi connectivity index (χ1) is 9.45. The Labute approximate surface area is 123 Å². The number of carbonyl (C=O) groups is 1. The zero-order valence-corrected chi connectivity index (χ0v) is 13.0. The normalized spacial score (nSPS) is 19.9. The van der Waals surface area contributed by atoms with Gasteiger partial charge in [-0.1, -0.05) is 45.0 Å². The van der Waals surface area contributed by atoms with Gasteiger partial charge in [-0.3, -0.25) is 4.79 Å². The lowest BCUT2D eigenvalue weighted by molar-refractivity contribution is -0.119. The van der Waals surface area contributed by atoms with Gasteiger partial charge in [0.25, 0.3) is 0 Å². The first kappa shape index (κ1) is 15.2. The summed E-state index contributed by atoms with van der Waals surface area (Å²) in [5, 5.41) is 3.38. The van der Waals surface area contributed by atoms with Crippen molar-refractivity contribution in [3.05, 3.63) is 35.4 Å². The predicted octanol–water partition coefficient (Wildman–Crippen LogP) is 3.49. The zero-order valence-electron chi connectivity index (χ0n) is 13.0. The lowest BCUT2D eigenvalue weighted by Crippen LogP contribution is -2.31. The van der Waals surface area contributed by atoms with Crippen LogP contribution in [0.5, 0.6) is 0 Å². The van der Waals surface area contributed by atoms with E-state index in [0.29, 0.717) is 18.1 Å². The van der Waals surface area contributed by atoms with Crippen molar-refractivity contribution in [3.8, 4) is 0 Å². The van der Waals surface area contributed by atoms with E-state index in [1.54, 1.807) is 0 Å². The van der Waals surface area contributed by atoms with E-state index in [1.165, 1.54) is 18.4 Å². The van der Waals surface area contributed by atoms with Crippen LogP contribution in [0, 0.1) is 5.92 Å². The summed E-state index contributed by atoms with van der Waals surface area (Å²) in [6, 6.07) is 8.53. The van der Waals surface area contributed by atoms with E-state index >= 15 is 0 Å². The summed E-state index contributed by atoms with van der Waals surface area (Å²) < 4.78 is 0. The molecule has 1 saturated heterocycles. The molecule has 20 heavy (non-hydrogen) atoms. The van der Waals surface area contributed by atoms with Gasteiger partial charge < -0.3 is 5.32 Å². The fraction of sp³-hybridized carbons (Fsp3) is 0.611. The van der Waals surface area contributed by atoms with Gasteiger partial charge in [-0.05, 0) is 48.4 Å². The van der Waals surface area contributed by atoms with Crippen molar-refractivity contribution < 1.29 is 4.79 Å². The van der Waals surface area contributed by atoms with Gasteiger partial charge >= 0.3 is 0 Å². The number of piperidine rings is 1. The number of ketones is 1. The topological polar surface area (TPSA) is 29.1 Å². The van der Waals surface area contributed by atoms with Crippen LogP contribution in [-0.4, -0.2) is 18.9 Å². The van der Waals surface area contributed by atoms with Gasteiger partial charge in [0, 0.05) is 12.8 Å². The molecule has 0 radical (unpaired) electrons. The summed E-state index contributed by atoms with van der Waals surface area (Å²) >= 11 is 0. The Kier molecular flexibility index (Phi) is 4.98. The van der Waals surface area contributed by atoms with Crippen molar-refractivity contribution in [3.63, 3.8) is 0 Å². The van der Waals surface area contributed by atoms with Crippen LogP contribution in [-0.2, 0) is 16.6 Å². The number of hydrogen-bond acceptors (Lipinski definition) is 2. The average molecular weight is 273 g/mol. The molecule has 0 amide bonds. The van der Waals surface area contributed by atoms with Crippen LogP contribution in [0.4, 0.5) is 0 Å². The summed E-state index contributed by atoms with van der Waals surface area (Å²) in [5.41, 5.74) is 2.65. The fourth-order valence-electron chi connectivity index (χ4n) is 2.84. The highest BCUT2D eigenvalue weighted by molar-refractivity contribution is 5.81. The van der Waals surface area contributed by atoms with Crippen molar-refractivity contribution in [1.29, 1.82) is 0 Å². The maximum Gasteiger partial charge on any atom is 0.137 e. The first-order valence-corrected chi connectivity index (χ1v) is 7.77. The number of nitrogens with one attached hydrogen (secondary N) is 1. The van der Waals surface area contributed by atoms with Crippen LogP contribution in [0.25, 0.3) is 0 Å². The van der Waals surface area contributed by atoms with E-state index in [-0.39, 0.29) is 5.41 Å². The molecule has 1 aliphatic rings. The van der Waals surface area contributed by atoms with Gasteiger partial charge in [0.15, 0.2) is 0 Å². The van der Waals surface area contributed by atoms with Gasteiger partial charge in [-0.2, -0.15) is 0 Å². The molecule has 1 aromatic rings. The second-order valence-electron chi connectivity index (χ2n) is 7.08. The minimum absolute atomic E-state index is 0.177. The van der Waals surface area contributed by atoms with E-state index in [9.17, 15) is 4.79 Å². The van der Waals surface area contributed by atoms with E-state index in [0.717, 1.165) is 25.1 Å². The number of Topliss-reactive ketones (excluding diaryl/α,β-unsaturated/α-hetero) is 1. The molecular formula is C18H27NO. The molecular weight excluding hydrogens is 246 g/mol. The molecule has 0 aromatic heterocycles. The SMILES string of the molecule is CC(C)(C)c1ccc(CC(=O)CC2CCCNC2)cc1. The number of carbonyl (C=O) groups excluding carboxylic acids is 1. The van der Waals surface area contributed by atoms with Gasteiger partial charge in [0.05, 0.1) is 0 Å². The molecule has 2 heteroatoms. The molecule has 1 N–H and O–H groups in total. The molecule has 1 fully saturated rings. The molecule has 2 nitrogen and oxygen atoms in total. The van der Waals surface area contributed by atoms with Crippen molar-refractivity contribution in [1.82, 2.24) is 5.32 Å². The van der Waals surface area contributed by atoms with E-state index in [2.05, 4.69) is 50.4 Å². The summed E-state index contributed by atoms with van der Waals surface area (Å²) in [5.74, 6) is 0.923. The second kappa shape index (κ2) is 6.53. The van der Waals surface area contributed by atoms with Crippen molar-refractivity contribution >= 4 is 5.78 Å². The van der Waals surface area contributed by atoms with Gasteiger partial charge in [0.1, 0.15) is 5.78 Å². The van der Waals surface area contributed by atoms with Crippen molar-refractivity contribution in [2.75, 3.05) is 13.1 Å². The first-order valence-electron chi connectivity index (χ1n) is 7.77. The number of rotatable bonds is 4. The Bertz CT molecular complexity index is 435. The largest absolute Gasteiger partial charge is 0.316 e. The maximum absolute atomic E-state index is 12.1. The highest BCUT2D eigenvalue weighted by Crippen LogP contribution is 2.22. The molecule has 0 bridgehead atoms. The minimum atomic E-state index is 0.177. The number of hydrogen-bond donors (Lipinski definition) is 1. The molecule has 0 aliphatic carbocycles. The van der Waals surface area contributed by atoms with Gasteiger partial charge in [-0.25, -0.2) is 0 Å². The summed E-state index contributed by atoms with van der Waals surface area (Å²) in [6.07, 6.45) is 3.72. The molecule has 2 rings (SSSR count). The van der Waals surface area contributed by atoms with Gasteiger partial charge in [-0.15, -0.1) is 0 Å². The minimum Gasteiger partial charge on any atom is -0.316 e. The smallest absolute Gasteiger partial charge is 0.137 e. The third-order valence-corrected chi connectivity index (χ3v) is 4.14. The molecule has 1 unspecified atom stereocenters. The summed E-state index contributed by atoms with van der Waals surface area (Å²) in [6.45, 7) is 8.75. The third-order valence-electron chi connectivity index (χ3n) is 4.14. The molecule has 110 valence electrons. The van der Waals surface area contributed by atoms with E-state index in [1.807, 2.05) is 0 Å². The van der Waals surface area contributed by atoms with Crippen LogP contribution in [0.2, 0.25) is 0 Å². The predicted molar refractivity (Wildman–Crippen MR) is 84.1 cm³/mol. The Hall–Kier alpha value is -1.15. The number of benzene rings is 1. The molecule has 1 heterocycles. The van der Waals surface area contributed by atoms with Crippen LogP contribution in [0.1, 0.15) is 51.2 Å². The second-order valence-corrected chi connectivity index (χ2v) is 7.08. The maximum atomic E-state index is 12.1. The fourth-order valence-corrected chi connectivity index (χ4v) is 2.84. The van der Waals surface area contributed by atoms with Crippen LogP contribution >= 0.6 is 0 Å². The Balaban J connectivity index is 1.87. The van der Waals surface area contributed by atoms with Gasteiger partial charge in [0.2, 0.25) is 0 Å². The quantitative estimate of drug-likeness (QED) is 0.910. The lowest BCUT2D eigenvalue weighted by atomic mass is 9.86. The van der Waals surface area contributed by atoms with E-state index in [4.69, 9.17) is 0 Å². The average Bonchev–Trinajstić information content (AvgIpc) is 2.39.